The van der Waals surface area contributed by atoms with E-state index in [4.69, 9.17) is 0 Å². The fraction of sp³-hybridized carbons (Fsp3) is 0.933. The van der Waals surface area contributed by atoms with Gasteiger partial charge in [-0.2, -0.15) is 0 Å². The highest BCUT2D eigenvalue weighted by Crippen LogP contribution is 2.27. The van der Waals surface area contributed by atoms with Gasteiger partial charge in [-0.3, -0.25) is 9.69 Å². The quantitative estimate of drug-likeness (QED) is 0.550. The summed E-state index contributed by atoms with van der Waals surface area (Å²) in [5.74, 6) is 0.0295. The summed E-state index contributed by atoms with van der Waals surface area (Å²) in [6.07, 6.45) is 5.09. The molecular formula is C15H30N2O3. The van der Waals surface area contributed by atoms with Crippen LogP contribution in [0, 0.1) is 0 Å². The molecule has 0 radical (unpaired) electrons. The fourth-order valence-electron chi connectivity index (χ4n) is 3.04. The highest BCUT2D eigenvalue weighted by molar-refractivity contribution is 5.76. The Kier molecular flexibility index (Phi) is 8.11. The van der Waals surface area contributed by atoms with E-state index in [0.717, 1.165) is 19.4 Å². The molecule has 1 amide bonds. The van der Waals surface area contributed by atoms with Crippen LogP contribution in [0.3, 0.4) is 0 Å². The lowest BCUT2D eigenvalue weighted by Gasteiger charge is -2.29. The van der Waals surface area contributed by atoms with Gasteiger partial charge in [-0.15, -0.1) is 0 Å². The summed E-state index contributed by atoms with van der Waals surface area (Å²) >= 11 is 0. The van der Waals surface area contributed by atoms with Crippen LogP contribution in [0.2, 0.25) is 0 Å². The average Bonchev–Trinajstić information content (AvgIpc) is 2.70. The molecule has 0 unspecified atom stereocenters. The first-order valence-electron chi connectivity index (χ1n) is 7.95. The van der Waals surface area contributed by atoms with Crippen molar-refractivity contribution in [1.82, 2.24) is 10.2 Å². The third-order valence-corrected chi connectivity index (χ3v) is 4.10. The Morgan fingerprint density at radius 2 is 2.05 bits per heavy atom. The van der Waals surface area contributed by atoms with Crippen molar-refractivity contribution in [3.05, 3.63) is 0 Å². The smallest absolute Gasteiger partial charge is 0.221 e. The number of hydrogen-bond acceptors (Lipinski definition) is 4. The Bertz CT molecular complexity index is 286. The van der Waals surface area contributed by atoms with Gasteiger partial charge in [0.15, 0.2) is 0 Å². The molecule has 1 aliphatic rings. The van der Waals surface area contributed by atoms with E-state index in [1.165, 1.54) is 12.8 Å². The van der Waals surface area contributed by atoms with E-state index in [-0.39, 0.29) is 24.6 Å². The fourth-order valence-corrected chi connectivity index (χ4v) is 3.04. The molecule has 5 nitrogen and oxygen atoms in total. The second-order valence-electron chi connectivity index (χ2n) is 5.66. The van der Waals surface area contributed by atoms with Crippen molar-refractivity contribution >= 4 is 5.91 Å². The van der Waals surface area contributed by atoms with Gasteiger partial charge in [0.25, 0.3) is 0 Å². The molecule has 1 rings (SSSR count). The van der Waals surface area contributed by atoms with E-state index >= 15 is 0 Å². The SMILES string of the molecule is CCCCCCN1[C@H](CC(=O)NCC)C[C@H](O)[C@H]1CO. The Hall–Kier alpha value is -0.650. The van der Waals surface area contributed by atoms with Crippen molar-refractivity contribution in [3.63, 3.8) is 0 Å². The summed E-state index contributed by atoms with van der Waals surface area (Å²) in [5, 5.41) is 22.3. The van der Waals surface area contributed by atoms with Crippen LogP contribution < -0.4 is 5.32 Å². The topological polar surface area (TPSA) is 72.8 Å². The lowest BCUT2D eigenvalue weighted by Crippen LogP contribution is -2.43. The molecule has 1 aliphatic heterocycles. The number of hydrogen-bond donors (Lipinski definition) is 3. The summed E-state index contributed by atoms with van der Waals surface area (Å²) in [5.41, 5.74) is 0. The summed E-state index contributed by atoms with van der Waals surface area (Å²) in [7, 11) is 0. The molecule has 1 fully saturated rings. The van der Waals surface area contributed by atoms with Crippen molar-refractivity contribution in [3.8, 4) is 0 Å². The predicted molar refractivity (Wildman–Crippen MR) is 79.4 cm³/mol. The van der Waals surface area contributed by atoms with Crippen LogP contribution in [0.15, 0.2) is 0 Å². The zero-order chi connectivity index (χ0) is 15.0. The Labute approximate surface area is 122 Å². The van der Waals surface area contributed by atoms with E-state index in [0.29, 0.717) is 19.4 Å². The highest BCUT2D eigenvalue weighted by Gasteiger charge is 2.40. The number of aliphatic hydroxyl groups is 2. The molecule has 0 aromatic heterocycles. The molecule has 0 saturated carbocycles. The number of amides is 1. The molecule has 0 spiro atoms. The largest absolute Gasteiger partial charge is 0.395 e. The molecule has 0 bridgehead atoms. The van der Waals surface area contributed by atoms with Crippen LogP contribution in [0.1, 0.15) is 52.4 Å². The lowest BCUT2D eigenvalue weighted by atomic mass is 10.1. The van der Waals surface area contributed by atoms with Gasteiger partial charge < -0.3 is 15.5 Å². The number of unbranched alkanes of at least 4 members (excludes halogenated alkanes) is 3. The summed E-state index contributed by atoms with van der Waals surface area (Å²) < 4.78 is 0. The second kappa shape index (κ2) is 9.32. The number of nitrogens with zero attached hydrogens (tertiary/aromatic N) is 1. The number of carbonyl (C=O) groups is 1. The van der Waals surface area contributed by atoms with E-state index < -0.39 is 6.10 Å². The molecule has 3 atom stereocenters. The Balaban J connectivity index is 2.53. The normalized spacial score (nSPS) is 26.9. The number of nitrogens with one attached hydrogen (secondary N) is 1. The number of aliphatic hydroxyl groups excluding tert-OH is 2. The summed E-state index contributed by atoms with van der Waals surface area (Å²) in [4.78, 5) is 13.9. The molecule has 3 N–H and O–H groups in total. The van der Waals surface area contributed by atoms with Crippen LogP contribution in [0.4, 0.5) is 0 Å². The Morgan fingerprint density at radius 3 is 2.65 bits per heavy atom. The maximum absolute atomic E-state index is 11.7. The molecule has 1 saturated heterocycles. The Morgan fingerprint density at radius 1 is 1.30 bits per heavy atom. The van der Waals surface area contributed by atoms with Crippen LogP contribution in [0.5, 0.6) is 0 Å². The van der Waals surface area contributed by atoms with E-state index in [1.807, 2.05) is 6.92 Å². The van der Waals surface area contributed by atoms with Crippen molar-refractivity contribution in [2.45, 2.75) is 70.6 Å². The van der Waals surface area contributed by atoms with Gasteiger partial charge >= 0.3 is 0 Å². The van der Waals surface area contributed by atoms with Gasteiger partial charge in [-0.25, -0.2) is 0 Å². The minimum absolute atomic E-state index is 0.0295. The number of rotatable bonds is 9. The summed E-state index contributed by atoms with van der Waals surface area (Å²) in [6.45, 7) is 5.52. The molecule has 0 aliphatic carbocycles. The van der Waals surface area contributed by atoms with Gasteiger partial charge in [0, 0.05) is 19.0 Å². The van der Waals surface area contributed by atoms with Gasteiger partial charge in [-0.1, -0.05) is 26.2 Å². The number of likely N-dealkylation sites (tertiary alicyclic amines) is 1. The van der Waals surface area contributed by atoms with Crippen molar-refractivity contribution in [1.29, 1.82) is 0 Å². The first kappa shape index (κ1) is 17.4. The van der Waals surface area contributed by atoms with Crippen molar-refractivity contribution < 1.29 is 15.0 Å². The second-order valence-corrected chi connectivity index (χ2v) is 5.66. The van der Waals surface area contributed by atoms with Gasteiger partial charge in [0.2, 0.25) is 5.91 Å². The van der Waals surface area contributed by atoms with Gasteiger partial charge in [-0.05, 0) is 26.3 Å². The third kappa shape index (κ3) is 5.04. The molecule has 0 aromatic carbocycles. The van der Waals surface area contributed by atoms with Crippen molar-refractivity contribution in [2.75, 3.05) is 19.7 Å². The number of carbonyl (C=O) groups excluding carboxylic acids is 1. The van der Waals surface area contributed by atoms with Gasteiger partial charge in [0.1, 0.15) is 0 Å². The minimum Gasteiger partial charge on any atom is -0.395 e. The standard InChI is InChI=1S/C15H30N2O3/c1-3-5-6-7-8-17-12(10-15(20)16-4-2)9-14(19)13(17)11-18/h12-14,18-19H,3-11H2,1-2H3,(H,16,20)/t12-,13+,14-/m0/s1. The zero-order valence-electron chi connectivity index (χ0n) is 12.8. The first-order chi connectivity index (χ1) is 9.63. The highest BCUT2D eigenvalue weighted by atomic mass is 16.3. The van der Waals surface area contributed by atoms with E-state index in [1.54, 1.807) is 0 Å². The third-order valence-electron chi connectivity index (χ3n) is 4.10. The summed E-state index contributed by atoms with van der Waals surface area (Å²) in [6, 6.07) is -0.161. The maximum atomic E-state index is 11.7. The van der Waals surface area contributed by atoms with Crippen molar-refractivity contribution in [2.24, 2.45) is 0 Å². The lowest BCUT2D eigenvalue weighted by molar-refractivity contribution is -0.122. The van der Waals surface area contributed by atoms with E-state index in [2.05, 4.69) is 17.1 Å². The van der Waals surface area contributed by atoms with Crippen LogP contribution in [-0.2, 0) is 4.79 Å². The molecule has 5 heteroatoms. The van der Waals surface area contributed by atoms with Crippen LogP contribution in [0.25, 0.3) is 0 Å². The molecular weight excluding hydrogens is 256 g/mol. The molecule has 1 heterocycles. The maximum Gasteiger partial charge on any atom is 0.221 e. The molecule has 118 valence electrons. The first-order valence-corrected chi connectivity index (χ1v) is 7.95. The predicted octanol–water partition coefficient (Wildman–Crippen LogP) is 0.889. The van der Waals surface area contributed by atoms with Crippen LogP contribution >= 0.6 is 0 Å². The monoisotopic (exact) mass is 286 g/mol. The van der Waals surface area contributed by atoms with Gasteiger partial charge in [0.05, 0.1) is 18.8 Å². The molecule has 20 heavy (non-hydrogen) atoms. The minimum atomic E-state index is -0.523. The van der Waals surface area contributed by atoms with Crippen LogP contribution in [-0.4, -0.2) is 58.9 Å². The zero-order valence-corrected chi connectivity index (χ0v) is 12.8. The molecule has 0 aromatic rings. The van der Waals surface area contributed by atoms with E-state index in [9.17, 15) is 15.0 Å². The average molecular weight is 286 g/mol.